The van der Waals surface area contributed by atoms with E-state index in [0.29, 0.717) is 19.1 Å². The van der Waals surface area contributed by atoms with E-state index in [2.05, 4.69) is 24.0 Å². The first-order chi connectivity index (χ1) is 10.8. The number of rotatable bonds is 5. The molecule has 1 fully saturated rings. The number of carbonyl (C=O) groups excluding carboxylic acids is 1. The van der Waals surface area contributed by atoms with Gasteiger partial charge in [0, 0.05) is 44.9 Å². The van der Waals surface area contributed by atoms with Crippen LogP contribution in [0.5, 0.6) is 0 Å². The van der Waals surface area contributed by atoms with Crippen molar-refractivity contribution in [3.05, 3.63) is 35.9 Å². The zero-order valence-corrected chi connectivity index (χ0v) is 14.8. The molecular formula is C17H26N2O3S. The van der Waals surface area contributed by atoms with Crippen LogP contribution in [-0.4, -0.2) is 61.8 Å². The highest BCUT2D eigenvalue weighted by molar-refractivity contribution is 7.90. The molecule has 1 saturated heterocycles. The van der Waals surface area contributed by atoms with Gasteiger partial charge in [-0.1, -0.05) is 30.3 Å². The number of nitrogens with zero attached hydrogens (tertiary/aromatic N) is 2. The molecule has 6 heteroatoms. The lowest BCUT2D eigenvalue weighted by atomic mass is 10.1. The van der Waals surface area contributed by atoms with Gasteiger partial charge in [0.15, 0.2) is 0 Å². The zero-order chi connectivity index (χ0) is 16.9. The van der Waals surface area contributed by atoms with E-state index in [1.54, 1.807) is 0 Å². The second-order valence-corrected chi connectivity index (χ2v) is 8.61. The van der Waals surface area contributed by atoms with Crippen molar-refractivity contribution in [2.45, 2.75) is 32.4 Å². The van der Waals surface area contributed by atoms with Crippen molar-refractivity contribution in [2.24, 2.45) is 0 Å². The molecule has 5 nitrogen and oxygen atoms in total. The Labute approximate surface area is 139 Å². The average Bonchev–Trinajstić information content (AvgIpc) is 2.68. The van der Waals surface area contributed by atoms with Gasteiger partial charge in [0.05, 0.1) is 5.75 Å². The molecular weight excluding hydrogens is 312 g/mol. The van der Waals surface area contributed by atoms with Gasteiger partial charge in [0.1, 0.15) is 9.84 Å². The first kappa shape index (κ1) is 17.9. The molecule has 0 saturated carbocycles. The van der Waals surface area contributed by atoms with Crippen molar-refractivity contribution in [1.82, 2.24) is 9.80 Å². The van der Waals surface area contributed by atoms with Gasteiger partial charge in [-0.05, 0) is 18.9 Å². The molecule has 1 aliphatic rings. The molecule has 0 unspecified atom stereocenters. The fourth-order valence-electron chi connectivity index (χ4n) is 2.84. The van der Waals surface area contributed by atoms with Crippen LogP contribution in [-0.2, 0) is 21.2 Å². The average molecular weight is 338 g/mol. The Morgan fingerprint density at radius 2 is 1.87 bits per heavy atom. The van der Waals surface area contributed by atoms with E-state index < -0.39 is 9.84 Å². The Balaban J connectivity index is 1.91. The van der Waals surface area contributed by atoms with E-state index in [4.69, 9.17) is 0 Å². The molecule has 0 aromatic heterocycles. The largest absolute Gasteiger partial charge is 0.341 e. The Kier molecular flexibility index (Phi) is 6.18. The zero-order valence-electron chi connectivity index (χ0n) is 13.9. The first-order valence-electron chi connectivity index (χ1n) is 8.08. The number of carbonyl (C=O) groups is 1. The highest BCUT2D eigenvalue weighted by Crippen LogP contribution is 2.15. The quantitative estimate of drug-likeness (QED) is 0.817. The lowest BCUT2D eigenvalue weighted by Gasteiger charge is -2.26. The summed E-state index contributed by atoms with van der Waals surface area (Å²) < 4.78 is 22.4. The van der Waals surface area contributed by atoms with Crippen LogP contribution in [0.2, 0.25) is 0 Å². The van der Waals surface area contributed by atoms with Gasteiger partial charge < -0.3 is 4.90 Å². The van der Waals surface area contributed by atoms with Gasteiger partial charge in [-0.3, -0.25) is 9.69 Å². The smallest absolute Gasteiger partial charge is 0.223 e. The maximum absolute atomic E-state index is 12.2. The normalized spacial score (nSPS) is 20.3. The van der Waals surface area contributed by atoms with Gasteiger partial charge in [0.25, 0.3) is 0 Å². The van der Waals surface area contributed by atoms with E-state index in [9.17, 15) is 13.2 Å². The van der Waals surface area contributed by atoms with Crippen molar-refractivity contribution < 1.29 is 13.2 Å². The van der Waals surface area contributed by atoms with Crippen LogP contribution in [0, 0.1) is 0 Å². The summed E-state index contributed by atoms with van der Waals surface area (Å²) in [4.78, 5) is 16.4. The van der Waals surface area contributed by atoms with E-state index in [-0.39, 0.29) is 18.1 Å². The molecule has 1 atom stereocenters. The van der Waals surface area contributed by atoms with E-state index >= 15 is 0 Å². The third-order valence-corrected chi connectivity index (χ3v) is 5.31. The highest BCUT2D eigenvalue weighted by atomic mass is 32.2. The molecule has 1 heterocycles. The Morgan fingerprint density at radius 3 is 2.52 bits per heavy atom. The van der Waals surface area contributed by atoms with Crippen molar-refractivity contribution >= 4 is 15.7 Å². The molecule has 128 valence electrons. The van der Waals surface area contributed by atoms with Crippen LogP contribution < -0.4 is 0 Å². The molecule has 1 amide bonds. The summed E-state index contributed by atoms with van der Waals surface area (Å²) in [6, 6.07) is 10.7. The number of sulfone groups is 1. The third-order valence-electron chi connectivity index (χ3n) is 4.37. The van der Waals surface area contributed by atoms with E-state index in [0.717, 1.165) is 19.5 Å². The van der Waals surface area contributed by atoms with Crippen molar-refractivity contribution in [2.75, 3.05) is 31.6 Å². The van der Waals surface area contributed by atoms with Gasteiger partial charge in [0.2, 0.25) is 5.91 Å². The van der Waals surface area contributed by atoms with Crippen LogP contribution in [0.25, 0.3) is 0 Å². The van der Waals surface area contributed by atoms with Gasteiger partial charge in [-0.15, -0.1) is 0 Å². The Hall–Kier alpha value is -1.40. The fourth-order valence-corrected chi connectivity index (χ4v) is 3.39. The summed E-state index contributed by atoms with van der Waals surface area (Å²) >= 11 is 0. The molecule has 23 heavy (non-hydrogen) atoms. The summed E-state index contributed by atoms with van der Waals surface area (Å²) in [5.74, 6) is -0.116. The standard InChI is InChI=1S/C17H26N2O3S/c1-15-8-10-18(17(20)9-13-23(2,21)22)11-12-19(15)14-16-6-4-3-5-7-16/h3-7,15H,8-14H2,1-2H3/t15-/m1/s1. The van der Waals surface area contributed by atoms with Crippen LogP contribution in [0.15, 0.2) is 30.3 Å². The number of amides is 1. The molecule has 2 rings (SSSR count). The minimum atomic E-state index is -3.09. The van der Waals surface area contributed by atoms with Crippen LogP contribution >= 0.6 is 0 Å². The molecule has 0 radical (unpaired) electrons. The minimum Gasteiger partial charge on any atom is -0.341 e. The third kappa shape index (κ3) is 5.95. The van der Waals surface area contributed by atoms with Crippen molar-refractivity contribution in [1.29, 1.82) is 0 Å². The van der Waals surface area contributed by atoms with E-state index in [1.165, 1.54) is 11.8 Å². The topological polar surface area (TPSA) is 57.7 Å². The summed E-state index contributed by atoms with van der Waals surface area (Å²) in [5.41, 5.74) is 1.27. The number of hydrogen-bond donors (Lipinski definition) is 0. The summed E-state index contributed by atoms with van der Waals surface area (Å²) in [6.45, 7) is 5.26. The molecule has 0 spiro atoms. The predicted octanol–water partition coefficient (Wildman–Crippen LogP) is 1.54. The minimum absolute atomic E-state index is 0.0517. The van der Waals surface area contributed by atoms with Crippen LogP contribution in [0.1, 0.15) is 25.3 Å². The summed E-state index contributed by atoms with van der Waals surface area (Å²) in [6.07, 6.45) is 2.18. The number of benzene rings is 1. The summed E-state index contributed by atoms with van der Waals surface area (Å²) in [5, 5.41) is 0. The maximum Gasteiger partial charge on any atom is 0.223 e. The van der Waals surface area contributed by atoms with Gasteiger partial charge in [-0.25, -0.2) is 8.42 Å². The van der Waals surface area contributed by atoms with Crippen LogP contribution in [0.3, 0.4) is 0 Å². The molecule has 1 aromatic rings. The van der Waals surface area contributed by atoms with E-state index in [1.807, 2.05) is 23.1 Å². The lowest BCUT2D eigenvalue weighted by Crippen LogP contribution is -2.36. The number of hydrogen-bond acceptors (Lipinski definition) is 4. The molecule has 1 aromatic carbocycles. The SMILES string of the molecule is C[C@@H]1CCN(C(=O)CCS(C)(=O)=O)CCN1Cc1ccccc1. The van der Waals surface area contributed by atoms with Crippen LogP contribution in [0.4, 0.5) is 0 Å². The lowest BCUT2D eigenvalue weighted by molar-refractivity contribution is -0.130. The first-order valence-corrected chi connectivity index (χ1v) is 10.1. The fraction of sp³-hybridized carbons (Fsp3) is 0.588. The van der Waals surface area contributed by atoms with Gasteiger partial charge in [-0.2, -0.15) is 0 Å². The Bertz CT molecular complexity index is 616. The van der Waals surface area contributed by atoms with Crippen molar-refractivity contribution in [3.8, 4) is 0 Å². The second kappa shape index (κ2) is 7.93. The summed E-state index contributed by atoms with van der Waals surface area (Å²) in [7, 11) is -3.09. The maximum atomic E-state index is 12.2. The Morgan fingerprint density at radius 1 is 1.17 bits per heavy atom. The monoisotopic (exact) mass is 338 g/mol. The molecule has 0 N–H and O–H groups in total. The molecule has 0 aliphatic carbocycles. The highest BCUT2D eigenvalue weighted by Gasteiger charge is 2.24. The van der Waals surface area contributed by atoms with Gasteiger partial charge >= 0.3 is 0 Å². The predicted molar refractivity (Wildman–Crippen MR) is 91.8 cm³/mol. The van der Waals surface area contributed by atoms with Crippen molar-refractivity contribution in [3.63, 3.8) is 0 Å². The molecule has 1 aliphatic heterocycles. The second-order valence-electron chi connectivity index (χ2n) is 6.35. The molecule has 0 bridgehead atoms.